The van der Waals surface area contributed by atoms with Crippen LogP contribution in [-0.2, 0) is 6.42 Å². The standard InChI is InChI=1S/C14H23NO/c1-11(2)14-6-4-13(5-7-14)8-9-15-10-12(3)16/h4-7,11-12,15-16H,8-10H2,1-3H3. The van der Waals surface area contributed by atoms with Crippen molar-refractivity contribution in [1.82, 2.24) is 5.32 Å². The zero-order valence-electron chi connectivity index (χ0n) is 10.5. The van der Waals surface area contributed by atoms with Crippen LogP contribution in [0.5, 0.6) is 0 Å². The molecule has 0 amide bonds. The van der Waals surface area contributed by atoms with Crippen molar-refractivity contribution in [2.75, 3.05) is 13.1 Å². The summed E-state index contributed by atoms with van der Waals surface area (Å²) in [6.45, 7) is 7.80. The molecular formula is C14H23NO. The lowest BCUT2D eigenvalue weighted by Gasteiger charge is -2.08. The van der Waals surface area contributed by atoms with Gasteiger partial charge in [0.2, 0.25) is 0 Å². The lowest BCUT2D eigenvalue weighted by atomic mass is 10.0. The molecule has 0 aliphatic carbocycles. The van der Waals surface area contributed by atoms with E-state index in [1.165, 1.54) is 11.1 Å². The third-order valence-corrected chi connectivity index (χ3v) is 2.68. The van der Waals surface area contributed by atoms with Crippen LogP contribution in [0.1, 0.15) is 37.8 Å². The second-order valence-electron chi connectivity index (χ2n) is 4.70. The maximum absolute atomic E-state index is 9.08. The molecule has 0 aliphatic heterocycles. The number of benzene rings is 1. The van der Waals surface area contributed by atoms with Gasteiger partial charge in [-0.25, -0.2) is 0 Å². The van der Waals surface area contributed by atoms with Crippen molar-refractivity contribution in [3.8, 4) is 0 Å². The summed E-state index contributed by atoms with van der Waals surface area (Å²) in [5.41, 5.74) is 2.74. The van der Waals surface area contributed by atoms with Gasteiger partial charge in [-0.2, -0.15) is 0 Å². The molecule has 1 rings (SSSR count). The molecule has 2 nitrogen and oxygen atoms in total. The van der Waals surface area contributed by atoms with Gasteiger partial charge in [0.05, 0.1) is 6.10 Å². The molecule has 1 aromatic rings. The average Bonchev–Trinajstić information content (AvgIpc) is 2.25. The zero-order chi connectivity index (χ0) is 12.0. The molecule has 16 heavy (non-hydrogen) atoms. The first-order chi connectivity index (χ1) is 7.59. The molecular weight excluding hydrogens is 198 g/mol. The fourth-order valence-corrected chi connectivity index (χ4v) is 1.61. The van der Waals surface area contributed by atoms with Gasteiger partial charge in [0.15, 0.2) is 0 Å². The van der Waals surface area contributed by atoms with E-state index in [0.29, 0.717) is 12.5 Å². The summed E-state index contributed by atoms with van der Waals surface area (Å²) in [6.07, 6.45) is 0.758. The Labute approximate surface area is 98.7 Å². The Kier molecular flexibility index (Phi) is 5.50. The van der Waals surface area contributed by atoms with Gasteiger partial charge >= 0.3 is 0 Å². The monoisotopic (exact) mass is 221 g/mol. The molecule has 0 spiro atoms. The third kappa shape index (κ3) is 4.77. The van der Waals surface area contributed by atoms with Gasteiger partial charge in [-0.15, -0.1) is 0 Å². The lowest BCUT2D eigenvalue weighted by molar-refractivity contribution is 0.191. The number of hydrogen-bond donors (Lipinski definition) is 2. The topological polar surface area (TPSA) is 32.3 Å². The Balaban J connectivity index is 2.32. The molecule has 2 heteroatoms. The van der Waals surface area contributed by atoms with E-state index in [0.717, 1.165) is 13.0 Å². The van der Waals surface area contributed by atoms with Gasteiger partial charge in [-0.3, -0.25) is 0 Å². The van der Waals surface area contributed by atoms with Crippen LogP contribution in [0.4, 0.5) is 0 Å². The number of rotatable bonds is 6. The predicted octanol–water partition coefficient (Wildman–Crippen LogP) is 2.32. The Morgan fingerprint density at radius 2 is 1.75 bits per heavy atom. The summed E-state index contributed by atoms with van der Waals surface area (Å²) in [5, 5.41) is 12.3. The molecule has 1 unspecified atom stereocenters. The van der Waals surface area contributed by atoms with Gasteiger partial charge in [-0.1, -0.05) is 38.1 Å². The van der Waals surface area contributed by atoms with E-state index in [9.17, 15) is 0 Å². The first-order valence-electron chi connectivity index (χ1n) is 6.07. The van der Waals surface area contributed by atoms with Crippen molar-refractivity contribution in [1.29, 1.82) is 0 Å². The van der Waals surface area contributed by atoms with Crippen LogP contribution in [-0.4, -0.2) is 24.3 Å². The summed E-state index contributed by atoms with van der Waals surface area (Å²) < 4.78 is 0. The van der Waals surface area contributed by atoms with E-state index >= 15 is 0 Å². The minimum atomic E-state index is -0.261. The van der Waals surface area contributed by atoms with Crippen molar-refractivity contribution in [3.63, 3.8) is 0 Å². The molecule has 2 N–H and O–H groups in total. The Bertz CT molecular complexity index is 290. The van der Waals surface area contributed by atoms with E-state index in [1.807, 2.05) is 0 Å². The van der Waals surface area contributed by atoms with Crippen LogP contribution in [0.25, 0.3) is 0 Å². The van der Waals surface area contributed by atoms with Crippen LogP contribution in [0.3, 0.4) is 0 Å². The molecule has 0 saturated carbocycles. The zero-order valence-corrected chi connectivity index (χ0v) is 10.5. The molecule has 0 bridgehead atoms. The summed E-state index contributed by atoms with van der Waals surface area (Å²) >= 11 is 0. The normalized spacial score (nSPS) is 13.1. The van der Waals surface area contributed by atoms with Crippen molar-refractivity contribution in [2.45, 2.75) is 39.2 Å². The molecule has 1 aromatic carbocycles. The lowest BCUT2D eigenvalue weighted by Crippen LogP contribution is -2.26. The summed E-state index contributed by atoms with van der Waals surface area (Å²) in [7, 11) is 0. The quantitative estimate of drug-likeness (QED) is 0.723. The summed E-state index contributed by atoms with van der Waals surface area (Å²) in [6, 6.07) is 8.79. The Hall–Kier alpha value is -0.860. The molecule has 0 heterocycles. The average molecular weight is 221 g/mol. The number of aliphatic hydroxyl groups is 1. The van der Waals surface area contributed by atoms with Crippen molar-refractivity contribution < 1.29 is 5.11 Å². The van der Waals surface area contributed by atoms with Crippen LogP contribution >= 0.6 is 0 Å². The van der Waals surface area contributed by atoms with Crippen LogP contribution in [0, 0.1) is 0 Å². The van der Waals surface area contributed by atoms with Gasteiger partial charge in [0.25, 0.3) is 0 Å². The molecule has 0 aliphatic rings. The minimum absolute atomic E-state index is 0.261. The van der Waals surface area contributed by atoms with Crippen molar-refractivity contribution in [3.05, 3.63) is 35.4 Å². The number of nitrogens with one attached hydrogen (secondary N) is 1. The fourth-order valence-electron chi connectivity index (χ4n) is 1.61. The SMILES string of the molecule is CC(O)CNCCc1ccc(C(C)C)cc1. The van der Waals surface area contributed by atoms with Gasteiger partial charge < -0.3 is 10.4 Å². The van der Waals surface area contributed by atoms with E-state index in [-0.39, 0.29) is 6.10 Å². The number of aliphatic hydroxyl groups excluding tert-OH is 1. The molecule has 1 atom stereocenters. The van der Waals surface area contributed by atoms with Crippen molar-refractivity contribution >= 4 is 0 Å². The van der Waals surface area contributed by atoms with Gasteiger partial charge in [0.1, 0.15) is 0 Å². The second-order valence-corrected chi connectivity index (χ2v) is 4.70. The minimum Gasteiger partial charge on any atom is -0.392 e. The molecule has 0 saturated heterocycles. The first-order valence-corrected chi connectivity index (χ1v) is 6.07. The van der Waals surface area contributed by atoms with Gasteiger partial charge in [-0.05, 0) is 36.9 Å². The summed E-state index contributed by atoms with van der Waals surface area (Å²) in [5.74, 6) is 0.599. The van der Waals surface area contributed by atoms with E-state index < -0.39 is 0 Å². The highest BCUT2D eigenvalue weighted by Crippen LogP contribution is 2.14. The maximum atomic E-state index is 9.08. The highest BCUT2D eigenvalue weighted by atomic mass is 16.3. The van der Waals surface area contributed by atoms with Crippen LogP contribution in [0.2, 0.25) is 0 Å². The Morgan fingerprint density at radius 3 is 2.25 bits per heavy atom. The number of hydrogen-bond acceptors (Lipinski definition) is 2. The highest BCUT2D eigenvalue weighted by molar-refractivity contribution is 5.24. The smallest absolute Gasteiger partial charge is 0.0636 e. The van der Waals surface area contributed by atoms with Gasteiger partial charge in [0, 0.05) is 6.54 Å². The maximum Gasteiger partial charge on any atom is 0.0636 e. The second kappa shape index (κ2) is 6.66. The molecule has 90 valence electrons. The molecule has 0 aromatic heterocycles. The summed E-state index contributed by atoms with van der Waals surface area (Å²) in [4.78, 5) is 0. The first kappa shape index (κ1) is 13.2. The van der Waals surface area contributed by atoms with E-state index in [4.69, 9.17) is 5.11 Å². The molecule has 0 fully saturated rings. The third-order valence-electron chi connectivity index (χ3n) is 2.68. The predicted molar refractivity (Wildman–Crippen MR) is 68.8 cm³/mol. The molecule has 0 radical (unpaired) electrons. The highest BCUT2D eigenvalue weighted by Gasteiger charge is 1.99. The van der Waals surface area contributed by atoms with Crippen LogP contribution in [0.15, 0.2) is 24.3 Å². The van der Waals surface area contributed by atoms with Crippen LogP contribution < -0.4 is 5.32 Å². The van der Waals surface area contributed by atoms with E-state index in [2.05, 4.69) is 43.4 Å². The Morgan fingerprint density at radius 1 is 1.12 bits per heavy atom. The van der Waals surface area contributed by atoms with E-state index in [1.54, 1.807) is 6.92 Å². The fraction of sp³-hybridized carbons (Fsp3) is 0.571. The largest absolute Gasteiger partial charge is 0.392 e. The van der Waals surface area contributed by atoms with Crippen molar-refractivity contribution in [2.24, 2.45) is 0 Å².